The summed E-state index contributed by atoms with van der Waals surface area (Å²) in [6.45, 7) is 2.55. The molecule has 2 rings (SSSR count). The maximum Gasteiger partial charge on any atom is 0.252 e. The van der Waals surface area contributed by atoms with E-state index in [0.717, 1.165) is 0 Å². The maximum atomic E-state index is 12.7. The third-order valence-electron chi connectivity index (χ3n) is 3.59. The van der Waals surface area contributed by atoms with Gasteiger partial charge in [-0.15, -0.1) is 0 Å². The minimum Gasteiger partial charge on any atom is -0.292 e. The van der Waals surface area contributed by atoms with Gasteiger partial charge in [-0.3, -0.25) is 25.3 Å². The van der Waals surface area contributed by atoms with Gasteiger partial charge in [0.05, 0.1) is 11.6 Å². The molecule has 0 saturated carbocycles. The Morgan fingerprint density at radius 1 is 1.12 bits per heavy atom. The summed E-state index contributed by atoms with van der Waals surface area (Å²) in [5.74, 6) is -0.743. The predicted octanol–water partition coefficient (Wildman–Crippen LogP) is 0.467. The van der Waals surface area contributed by atoms with Crippen molar-refractivity contribution in [3.05, 3.63) is 28.2 Å². The Kier molecular flexibility index (Phi) is 6.64. The molecule has 0 radical (unpaired) electrons. The Morgan fingerprint density at radius 2 is 1.76 bits per heavy atom. The van der Waals surface area contributed by atoms with Crippen LogP contribution in [0.3, 0.4) is 0 Å². The normalized spacial score (nSPS) is 16.4. The minimum atomic E-state index is -3.76. The molecule has 1 heterocycles. The van der Waals surface area contributed by atoms with Gasteiger partial charge < -0.3 is 0 Å². The zero-order valence-electron chi connectivity index (χ0n) is 13.5. The number of rotatable bonds is 4. The maximum absolute atomic E-state index is 12.7. The zero-order valence-corrected chi connectivity index (χ0v) is 15.8. The highest BCUT2D eigenvalue weighted by atomic mass is 35.5. The molecule has 0 atom stereocenters. The molecule has 11 heteroatoms. The molecule has 1 aliphatic rings. The summed E-state index contributed by atoms with van der Waals surface area (Å²) in [4.78, 5) is 24.2. The van der Waals surface area contributed by atoms with Crippen LogP contribution in [-0.4, -0.2) is 62.2 Å². The first-order chi connectivity index (χ1) is 11.7. The molecule has 0 bridgehead atoms. The summed E-state index contributed by atoms with van der Waals surface area (Å²) in [6, 6.07) is 4.29. The molecule has 1 aliphatic heterocycles. The lowest BCUT2D eigenvalue weighted by atomic mass is 10.3. The van der Waals surface area contributed by atoms with Gasteiger partial charge in [0.1, 0.15) is 4.90 Å². The van der Waals surface area contributed by atoms with Gasteiger partial charge in [-0.2, -0.15) is 4.31 Å². The van der Waals surface area contributed by atoms with E-state index in [-0.39, 0.29) is 46.4 Å². The van der Waals surface area contributed by atoms with Crippen LogP contribution >= 0.6 is 23.2 Å². The standard InChI is InChI=1S/C14H18Cl2N4O4S/c1-10(21)17-18-14(22)9-19-4-6-20(7-5-19)25(23,24)13-8-11(15)2-3-12(13)16/h2-3,8H,4-7,9H2,1H3,(H,17,21)(H,18,22). The van der Waals surface area contributed by atoms with E-state index >= 15 is 0 Å². The summed E-state index contributed by atoms with van der Waals surface area (Å²) in [6.07, 6.45) is 0. The first-order valence-corrected chi connectivity index (χ1v) is 9.62. The number of hydrogen-bond acceptors (Lipinski definition) is 5. The van der Waals surface area contributed by atoms with E-state index in [4.69, 9.17) is 23.2 Å². The molecule has 1 aromatic rings. The minimum absolute atomic E-state index is 0.0292. The van der Waals surface area contributed by atoms with Gasteiger partial charge in [0.25, 0.3) is 5.91 Å². The van der Waals surface area contributed by atoms with E-state index < -0.39 is 10.0 Å². The largest absolute Gasteiger partial charge is 0.292 e. The number of carbonyl (C=O) groups excluding carboxylic acids is 2. The van der Waals surface area contributed by atoms with Crippen LogP contribution in [0.15, 0.2) is 23.1 Å². The predicted molar refractivity (Wildman–Crippen MR) is 93.6 cm³/mol. The number of carbonyl (C=O) groups is 2. The van der Waals surface area contributed by atoms with Gasteiger partial charge in [-0.25, -0.2) is 8.42 Å². The summed E-state index contributed by atoms with van der Waals surface area (Å²) < 4.78 is 26.7. The highest BCUT2D eigenvalue weighted by Crippen LogP contribution is 2.28. The number of benzene rings is 1. The van der Waals surface area contributed by atoms with Gasteiger partial charge >= 0.3 is 0 Å². The van der Waals surface area contributed by atoms with Crippen molar-refractivity contribution >= 4 is 45.0 Å². The SMILES string of the molecule is CC(=O)NNC(=O)CN1CCN(S(=O)(=O)c2cc(Cl)ccc2Cl)CC1. The van der Waals surface area contributed by atoms with Gasteiger partial charge in [0, 0.05) is 38.1 Å². The quantitative estimate of drug-likeness (QED) is 0.705. The molecule has 0 aliphatic carbocycles. The molecule has 138 valence electrons. The Labute approximate surface area is 156 Å². The highest BCUT2D eigenvalue weighted by molar-refractivity contribution is 7.89. The number of hydrazine groups is 1. The van der Waals surface area contributed by atoms with E-state index in [1.54, 1.807) is 4.90 Å². The Bertz CT molecular complexity index is 764. The van der Waals surface area contributed by atoms with Crippen LogP contribution in [0.1, 0.15) is 6.92 Å². The second kappa shape index (κ2) is 8.33. The van der Waals surface area contributed by atoms with Gasteiger partial charge in [0.2, 0.25) is 15.9 Å². The van der Waals surface area contributed by atoms with Gasteiger partial charge in [0.15, 0.2) is 0 Å². The second-order valence-electron chi connectivity index (χ2n) is 5.48. The van der Waals surface area contributed by atoms with Crippen LogP contribution in [0.5, 0.6) is 0 Å². The van der Waals surface area contributed by atoms with Gasteiger partial charge in [-0.05, 0) is 18.2 Å². The monoisotopic (exact) mass is 408 g/mol. The lowest BCUT2D eigenvalue weighted by molar-refractivity contribution is -0.128. The zero-order chi connectivity index (χ0) is 18.6. The molecular weight excluding hydrogens is 391 g/mol. The lowest BCUT2D eigenvalue weighted by Crippen LogP contribution is -2.52. The number of sulfonamides is 1. The third kappa shape index (κ3) is 5.29. The number of nitrogens with zero attached hydrogens (tertiary/aromatic N) is 2. The van der Waals surface area contributed by atoms with Crippen molar-refractivity contribution in [1.82, 2.24) is 20.1 Å². The molecule has 8 nitrogen and oxygen atoms in total. The van der Waals surface area contributed by atoms with Crippen LogP contribution in [0.25, 0.3) is 0 Å². The average Bonchev–Trinajstić information content (AvgIpc) is 2.55. The van der Waals surface area contributed by atoms with Crippen molar-refractivity contribution in [3.8, 4) is 0 Å². The summed E-state index contributed by atoms with van der Waals surface area (Å²) >= 11 is 11.9. The first kappa shape index (κ1) is 19.9. The third-order valence-corrected chi connectivity index (χ3v) is 6.20. The summed E-state index contributed by atoms with van der Waals surface area (Å²) in [5.41, 5.74) is 4.47. The number of amides is 2. The van der Waals surface area contributed by atoms with Crippen molar-refractivity contribution in [2.24, 2.45) is 0 Å². The first-order valence-electron chi connectivity index (χ1n) is 7.43. The van der Waals surface area contributed by atoms with Crippen LogP contribution in [-0.2, 0) is 19.6 Å². The second-order valence-corrected chi connectivity index (χ2v) is 8.23. The summed E-state index contributed by atoms with van der Waals surface area (Å²) in [7, 11) is -3.76. The van der Waals surface area contributed by atoms with E-state index in [0.29, 0.717) is 13.1 Å². The molecule has 0 aromatic heterocycles. The van der Waals surface area contributed by atoms with E-state index in [1.165, 1.54) is 29.4 Å². The van der Waals surface area contributed by atoms with E-state index in [1.807, 2.05) is 0 Å². The Morgan fingerprint density at radius 3 is 2.36 bits per heavy atom. The van der Waals surface area contributed by atoms with Crippen LogP contribution in [0.4, 0.5) is 0 Å². The fourth-order valence-electron chi connectivity index (χ4n) is 2.34. The van der Waals surface area contributed by atoms with Crippen LogP contribution in [0, 0.1) is 0 Å². The van der Waals surface area contributed by atoms with Crippen LogP contribution in [0.2, 0.25) is 10.0 Å². The number of halogens is 2. The number of piperazine rings is 1. The van der Waals surface area contributed by atoms with Crippen molar-refractivity contribution in [1.29, 1.82) is 0 Å². The van der Waals surface area contributed by atoms with E-state index in [9.17, 15) is 18.0 Å². The van der Waals surface area contributed by atoms with Crippen molar-refractivity contribution in [2.45, 2.75) is 11.8 Å². The molecule has 2 amide bonds. The van der Waals surface area contributed by atoms with Crippen molar-refractivity contribution in [3.63, 3.8) is 0 Å². The van der Waals surface area contributed by atoms with Gasteiger partial charge in [-0.1, -0.05) is 23.2 Å². The van der Waals surface area contributed by atoms with Crippen molar-refractivity contribution in [2.75, 3.05) is 32.7 Å². The smallest absolute Gasteiger partial charge is 0.252 e. The fraction of sp³-hybridized carbons (Fsp3) is 0.429. The molecule has 1 fully saturated rings. The van der Waals surface area contributed by atoms with E-state index in [2.05, 4.69) is 10.9 Å². The molecule has 0 spiro atoms. The summed E-state index contributed by atoms with van der Waals surface area (Å²) in [5, 5.41) is 0.401. The Hall–Kier alpha value is -1.39. The molecule has 1 saturated heterocycles. The molecule has 0 unspecified atom stereocenters. The average molecular weight is 409 g/mol. The Balaban J connectivity index is 1.96. The van der Waals surface area contributed by atoms with Crippen LogP contribution < -0.4 is 10.9 Å². The topological polar surface area (TPSA) is 98.8 Å². The molecule has 25 heavy (non-hydrogen) atoms. The fourth-order valence-corrected chi connectivity index (χ4v) is 4.50. The molecule has 1 aromatic carbocycles. The molecule has 2 N–H and O–H groups in total. The van der Waals surface area contributed by atoms with Crippen molar-refractivity contribution < 1.29 is 18.0 Å². The molecular formula is C14H18Cl2N4O4S. The number of hydrogen-bond donors (Lipinski definition) is 2. The lowest BCUT2D eigenvalue weighted by Gasteiger charge is -2.33. The number of nitrogens with one attached hydrogen (secondary N) is 2. The highest BCUT2D eigenvalue weighted by Gasteiger charge is 2.30.